The van der Waals surface area contributed by atoms with Gasteiger partial charge < -0.3 is 14.5 Å². The van der Waals surface area contributed by atoms with Crippen LogP contribution in [-0.4, -0.2) is 12.5 Å². The van der Waals surface area contributed by atoms with Crippen molar-refractivity contribution in [1.29, 1.82) is 0 Å². The van der Waals surface area contributed by atoms with Gasteiger partial charge in [0.2, 0.25) is 0 Å². The van der Waals surface area contributed by atoms with E-state index in [4.69, 9.17) is 9.15 Å². The highest BCUT2D eigenvalue weighted by Crippen LogP contribution is 2.22. The van der Waals surface area contributed by atoms with E-state index in [1.54, 1.807) is 31.2 Å². The molecule has 0 radical (unpaired) electrons. The molecule has 1 aromatic heterocycles. The minimum atomic E-state index is -0.443. The maximum Gasteiger partial charge on any atom is 0.336 e. The van der Waals surface area contributed by atoms with Crippen LogP contribution >= 0.6 is 0 Å². The molecule has 0 saturated heterocycles. The molecule has 128 valence electrons. The minimum absolute atomic E-state index is 0.252. The second-order valence-corrected chi connectivity index (χ2v) is 5.70. The quantitative estimate of drug-likeness (QED) is 0.737. The SMILES string of the molecule is Cc1ccc(F)cc1NC(=O)COc1ccc2c(C)cc(=O)oc2c1. The zero-order valence-corrected chi connectivity index (χ0v) is 13.8. The van der Waals surface area contributed by atoms with Gasteiger partial charge in [0.15, 0.2) is 6.61 Å². The molecule has 0 bridgehead atoms. The van der Waals surface area contributed by atoms with E-state index in [0.29, 0.717) is 17.0 Å². The molecule has 0 atom stereocenters. The van der Waals surface area contributed by atoms with Crippen LogP contribution in [0.3, 0.4) is 0 Å². The first-order chi connectivity index (χ1) is 11.9. The number of benzene rings is 2. The third kappa shape index (κ3) is 3.85. The van der Waals surface area contributed by atoms with Crippen molar-refractivity contribution in [3.63, 3.8) is 0 Å². The number of hydrogen-bond acceptors (Lipinski definition) is 4. The third-order valence-electron chi connectivity index (χ3n) is 3.77. The zero-order chi connectivity index (χ0) is 18.0. The number of hydrogen-bond donors (Lipinski definition) is 1. The second kappa shape index (κ2) is 6.76. The Morgan fingerprint density at radius 3 is 2.72 bits per heavy atom. The van der Waals surface area contributed by atoms with Crippen LogP contribution in [0, 0.1) is 19.7 Å². The fourth-order valence-corrected chi connectivity index (χ4v) is 2.46. The Morgan fingerprint density at radius 2 is 1.92 bits per heavy atom. The third-order valence-corrected chi connectivity index (χ3v) is 3.77. The molecule has 3 rings (SSSR count). The Labute approximate surface area is 143 Å². The molecular formula is C19H16FNO4. The van der Waals surface area contributed by atoms with Gasteiger partial charge in [-0.15, -0.1) is 0 Å². The van der Waals surface area contributed by atoms with Gasteiger partial charge in [0.25, 0.3) is 5.91 Å². The van der Waals surface area contributed by atoms with E-state index in [0.717, 1.165) is 16.5 Å². The highest BCUT2D eigenvalue weighted by molar-refractivity contribution is 5.92. The van der Waals surface area contributed by atoms with Gasteiger partial charge in [-0.25, -0.2) is 9.18 Å². The number of carbonyl (C=O) groups excluding carboxylic acids is 1. The van der Waals surface area contributed by atoms with Gasteiger partial charge in [0, 0.05) is 23.2 Å². The van der Waals surface area contributed by atoms with E-state index < -0.39 is 17.3 Å². The zero-order valence-electron chi connectivity index (χ0n) is 13.8. The van der Waals surface area contributed by atoms with Gasteiger partial charge >= 0.3 is 5.63 Å². The summed E-state index contributed by atoms with van der Waals surface area (Å²) in [5, 5.41) is 3.40. The lowest BCUT2D eigenvalue weighted by molar-refractivity contribution is -0.118. The Kier molecular flexibility index (Phi) is 4.52. The predicted octanol–water partition coefficient (Wildman–Crippen LogP) is 3.57. The van der Waals surface area contributed by atoms with Crippen molar-refractivity contribution >= 4 is 22.6 Å². The summed E-state index contributed by atoms with van der Waals surface area (Å²) < 4.78 is 23.8. The van der Waals surface area contributed by atoms with Gasteiger partial charge in [-0.05, 0) is 49.2 Å². The summed E-state index contributed by atoms with van der Waals surface area (Å²) in [4.78, 5) is 23.4. The summed E-state index contributed by atoms with van der Waals surface area (Å²) in [5.74, 6) is -0.450. The predicted molar refractivity (Wildman–Crippen MR) is 92.5 cm³/mol. The van der Waals surface area contributed by atoms with Gasteiger partial charge in [0.1, 0.15) is 17.1 Å². The summed E-state index contributed by atoms with van der Waals surface area (Å²) in [6.45, 7) is 3.33. The summed E-state index contributed by atoms with van der Waals surface area (Å²) in [6.07, 6.45) is 0. The Morgan fingerprint density at radius 1 is 1.12 bits per heavy atom. The normalized spacial score (nSPS) is 10.7. The summed E-state index contributed by atoms with van der Waals surface area (Å²) in [6, 6.07) is 10.6. The molecule has 2 aromatic carbocycles. The maximum atomic E-state index is 13.2. The molecule has 0 aliphatic heterocycles. The number of amides is 1. The number of anilines is 1. The van der Waals surface area contributed by atoms with Crippen LogP contribution in [-0.2, 0) is 4.79 Å². The smallest absolute Gasteiger partial charge is 0.336 e. The fraction of sp³-hybridized carbons (Fsp3) is 0.158. The molecular weight excluding hydrogens is 325 g/mol. The number of ether oxygens (including phenoxy) is 1. The number of nitrogens with one attached hydrogen (secondary N) is 1. The average molecular weight is 341 g/mol. The number of carbonyl (C=O) groups is 1. The standard InChI is InChI=1S/C19H16FNO4/c1-11-3-4-13(20)8-16(11)21-18(22)10-24-14-5-6-15-12(2)7-19(23)25-17(15)9-14/h3-9H,10H2,1-2H3,(H,21,22). The van der Waals surface area contributed by atoms with Crippen molar-refractivity contribution in [2.45, 2.75) is 13.8 Å². The Hall–Kier alpha value is -3.15. The lowest BCUT2D eigenvalue weighted by atomic mass is 10.1. The minimum Gasteiger partial charge on any atom is -0.484 e. The summed E-state index contributed by atoms with van der Waals surface area (Å²) in [7, 11) is 0. The van der Waals surface area contributed by atoms with Crippen molar-refractivity contribution in [2.75, 3.05) is 11.9 Å². The molecule has 1 heterocycles. The van der Waals surface area contributed by atoms with Gasteiger partial charge in [-0.1, -0.05) is 6.07 Å². The molecule has 1 N–H and O–H groups in total. The molecule has 0 fully saturated rings. The molecule has 0 aliphatic rings. The molecule has 0 aliphatic carbocycles. The van der Waals surface area contributed by atoms with Gasteiger partial charge in [-0.2, -0.15) is 0 Å². The Bertz CT molecular complexity index is 1010. The molecule has 1 amide bonds. The van der Waals surface area contributed by atoms with Crippen LogP contribution in [0.4, 0.5) is 10.1 Å². The lowest BCUT2D eigenvalue weighted by Crippen LogP contribution is -2.20. The first kappa shape index (κ1) is 16.7. The second-order valence-electron chi connectivity index (χ2n) is 5.70. The number of aryl methyl sites for hydroxylation is 2. The number of halogens is 1. The molecule has 25 heavy (non-hydrogen) atoms. The van der Waals surface area contributed by atoms with Gasteiger partial charge in [-0.3, -0.25) is 4.79 Å². The van der Waals surface area contributed by atoms with E-state index >= 15 is 0 Å². The highest BCUT2D eigenvalue weighted by Gasteiger charge is 2.09. The summed E-state index contributed by atoms with van der Waals surface area (Å²) in [5.41, 5.74) is 1.90. The topological polar surface area (TPSA) is 68.5 Å². The van der Waals surface area contributed by atoms with Crippen molar-refractivity contribution < 1.29 is 18.3 Å². The highest BCUT2D eigenvalue weighted by atomic mass is 19.1. The van der Waals surface area contributed by atoms with E-state index in [1.165, 1.54) is 18.2 Å². The first-order valence-electron chi connectivity index (χ1n) is 7.66. The van der Waals surface area contributed by atoms with Crippen LogP contribution in [0.15, 0.2) is 51.7 Å². The first-order valence-corrected chi connectivity index (χ1v) is 7.66. The molecule has 3 aromatic rings. The van der Waals surface area contributed by atoms with Crippen LogP contribution in [0.5, 0.6) is 5.75 Å². The number of rotatable bonds is 4. The van der Waals surface area contributed by atoms with Crippen LogP contribution in [0.2, 0.25) is 0 Å². The molecule has 0 spiro atoms. The molecule has 6 heteroatoms. The Balaban J connectivity index is 1.70. The van der Waals surface area contributed by atoms with Crippen LogP contribution in [0.25, 0.3) is 11.0 Å². The average Bonchev–Trinajstić information content (AvgIpc) is 2.56. The van der Waals surface area contributed by atoms with Crippen molar-refractivity contribution in [1.82, 2.24) is 0 Å². The molecule has 0 unspecified atom stereocenters. The maximum absolute atomic E-state index is 13.2. The van der Waals surface area contributed by atoms with Crippen LogP contribution in [0.1, 0.15) is 11.1 Å². The molecule has 0 saturated carbocycles. The fourth-order valence-electron chi connectivity index (χ4n) is 2.46. The lowest BCUT2D eigenvalue weighted by Gasteiger charge is -2.10. The summed E-state index contributed by atoms with van der Waals surface area (Å²) >= 11 is 0. The van der Waals surface area contributed by atoms with E-state index in [9.17, 15) is 14.0 Å². The van der Waals surface area contributed by atoms with Crippen molar-refractivity contribution in [3.8, 4) is 5.75 Å². The monoisotopic (exact) mass is 341 g/mol. The van der Waals surface area contributed by atoms with Crippen LogP contribution < -0.4 is 15.7 Å². The molecule has 5 nitrogen and oxygen atoms in total. The number of fused-ring (bicyclic) bond motifs is 1. The van der Waals surface area contributed by atoms with E-state index in [1.807, 2.05) is 6.92 Å². The van der Waals surface area contributed by atoms with Crippen molar-refractivity contribution in [3.05, 3.63) is 69.8 Å². The van der Waals surface area contributed by atoms with E-state index in [2.05, 4.69) is 5.32 Å². The van der Waals surface area contributed by atoms with Crippen molar-refractivity contribution in [2.24, 2.45) is 0 Å². The largest absolute Gasteiger partial charge is 0.484 e. The van der Waals surface area contributed by atoms with Gasteiger partial charge in [0.05, 0.1) is 0 Å². The van der Waals surface area contributed by atoms with E-state index in [-0.39, 0.29) is 6.61 Å².